The summed E-state index contributed by atoms with van der Waals surface area (Å²) in [7, 11) is 3.24. The Bertz CT molecular complexity index is 873. The number of piperazine rings is 1. The van der Waals surface area contributed by atoms with E-state index in [0.717, 1.165) is 49.7 Å². The van der Waals surface area contributed by atoms with Gasteiger partial charge in [0.2, 0.25) is 5.91 Å². The number of ether oxygens (including phenoxy) is 2. The monoisotopic (exact) mass is 424 g/mol. The Balaban J connectivity index is 1.33. The average Bonchev–Trinajstić information content (AvgIpc) is 2.84. The van der Waals surface area contributed by atoms with Crippen LogP contribution in [0.25, 0.3) is 11.3 Å². The fourth-order valence-electron chi connectivity index (χ4n) is 4.60. The van der Waals surface area contributed by atoms with E-state index in [1.54, 1.807) is 14.2 Å². The van der Waals surface area contributed by atoms with Gasteiger partial charge < -0.3 is 19.3 Å². The van der Waals surface area contributed by atoms with Gasteiger partial charge in [0.25, 0.3) is 0 Å². The van der Waals surface area contributed by atoms with Crippen LogP contribution in [0.3, 0.4) is 0 Å². The van der Waals surface area contributed by atoms with Gasteiger partial charge in [0.15, 0.2) is 17.3 Å². The number of hydrogen-bond donors (Lipinski definition) is 0. The zero-order valence-electron chi connectivity index (χ0n) is 18.5. The van der Waals surface area contributed by atoms with Gasteiger partial charge in [-0.2, -0.15) is 0 Å². The lowest BCUT2D eigenvalue weighted by Crippen LogP contribution is -2.49. The minimum Gasteiger partial charge on any atom is -0.493 e. The van der Waals surface area contributed by atoms with Crippen LogP contribution in [-0.2, 0) is 4.79 Å². The molecule has 1 amide bonds. The second-order valence-corrected chi connectivity index (χ2v) is 8.42. The Kier molecular flexibility index (Phi) is 6.89. The molecule has 31 heavy (non-hydrogen) atoms. The first-order valence-corrected chi connectivity index (χ1v) is 11.3. The van der Waals surface area contributed by atoms with Gasteiger partial charge >= 0.3 is 0 Å². The first kappa shape index (κ1) is 21.4. The standard InChI is InChI=1S/C24H32N4O3/c1-30-21-10-8-19(17-22(21)31-2)20-9-11-23(26-25-20)27-12-14-28(15-13-27)24(29)16-18-6-4-3-5-7-18/h8-11,17-18H,3-7,12-16H2,1-2H3. The Labute approximate surface area is 184 Å². The molecule has 2 aliphatic rings. The lowest BCUT2D eigenvalue weighted by molar-refractivity contribution is -0.132. The van der Waals surface area contributed by atoms with E-state index in [0.29, 0.717) is 23.3 Å². The van der Waals surface area contributed by atoms with E-state index in [9.17, 15) is 4.79 Å². The summed E-state index contributed by atoms with van der Waals surface area (Å²) in [6.07, 6.45) is 7.05. The molecule has 4 rings (SSSR count). The van der Waals surface area contributed by atoms with E-state index in [2.05, 4.69) is 15.1 Å². The van der Waals surface area contributed by atoms with Crippen LogP contribution >= 0.6 is 0 Å². The summed E-state index contributed by atoms with van der Waals surface area (Å²) in [5, 5.41) is 8.86. The molecule has 2 fully saturated rings. The van der Waals surface area contributed by atoms with Crippen molar-refractivity contribution in [1.82, 2.24) is 15.1 Å². The van der Waals surface area contributed by atoms with Crippen molar-refractivity contribution < 1.29 is 14.3 Å². The molecule has 1 aromatic heterocycles. The Hall–Kier alpha value is -2.83. The fraction of sp³-hybridized carbons (Fsp3) is 0.542. The molecule has 7 nitrogen and oxygen atoms in total. The van der Waals surface area contributed by atoms with Crippen LogP contribution in [0.4, 0.5) is 5.82 Å². The summed E-state index contributed by atoms with van der Waals surface area (Å²) in [6.45, 7) is 3.09. The summed E-state index contributed by atoms with van der Waals surface area (Å²) in [6, 6.07) is 9.69. The van der Waals surface area contributed by atoms with Crippen LogP contribution < -0.4 is 14.4 Å². The third-order valence-electron chi connectivity index (χ3n) is 6.47. The lowest BCUT2D eigenvalue weighted by Gasteiger charge is -2.36. The van der Waals surface area contributed by atoms with Crippen molar-refractivity contribution in [3.63, 3.8) is 0 Å². The zero-order valence-corrected chi connectivity index (χ0v) is 18.5. The normalized spacial score (nSPS) is 17.5. The molecule has 1 aliphatic heterocycles. The number of rotatable bonds is 6. The van der Waals surface area contributed by atoms with Crippen LogP contribution in [0, 0.1) is 5.92 Å². The predicted octanol–water partition coefficient (Wildman–Crippen LogP) is 3.78. The zero-order chi connectivity index (χ0) is 21.6. The number of nitrogens with zero attached hydrogens (tertiary/aromatic N) is 4. The first-order valence-electron chi connectivity index (χ1n) is 11.3. The SMILES string of the molecule is COc1ccc(-c2ccc(N3CCN(C(=O)CC4CCCCC4)CC3)nn2)cc1OC. The van der Waals surface area contributed by atoms with Gasteiger partial charge in [-0.15, -0.1) is 10.2 Å². The molecule has 0 unspecified atom stereocenters. The molecule has 7 heteroatoms. The predicted molar refractivity (Wildman–Crippen MR) is 121 cm³/mol. The highest BCUT2D eigenvalue weighted by atomic mass is 16.5. The summed E-state index contributed by atoms with van der Waals surface area (Å²) >= 11 is 0. The first-order chi connectivity index (χ1) is 15.2. The van der Waals surface area contributed by atoms with Gasteiger partial charge in [-0.3, -0.25) is 4.79 Å². The summed E-state index contributed by atoms with van der Waals surface area (Å²) in [5.74, 6) is 3.12. The van der Waals surface area contributed by atoms with Crippen LogP contribution in [0.5, 0.6) is 11.5 Å². The molecule has 0 bridgehead atoms. The minimum absolute atomic E-state index is 0.321. The Morgan fingerprint density at radius 1 is 0.935 bits per heavy atom. The van der Waals surface area contributed by atoms with Gasteiger partial charge in [0, 0.05) is 38.2 Å². The van der Waals surface area contributed by atoms with Crippen molar-refractivity contribution in [3.05, 3.63) is 30.3 Å². The molecular weight excluding hydrogens is 392 g/mol. The van der Waals surface area contributed by atoms with E-state index >= 15 is 0 Å². The van der Waals surface area contributed by atoms with E-state index in [1.165, 1.54) is 32.1 Å². The number of carbonyl (C=O) groups excluding carboxylic acids is 1. The number of aromatic nitrogens is 2. The molecule has 0 spiro atoms. The molecule has 166 valence electrons. The average molecular weight is 425 g/mol. The summed E-state index contributed by atoms with van der Waals surface area (Å²) < 4.78 is 10.7. The minimum atomic E-state index is 0.321. The maximum absolute atomic E-state index is 12.7. The smallest absolute Gasteiger partial charge is 0.222 e. The number of amides is 1. The molecule has 0 atom stereocenters. The van der Waals surface area contributed by atoms with Gasteiger partial charge in [0.05, 0.1) is 19.9 Å². The second-order valence-electron chi connectivity index (χ2n) is 8.42. The molecule has 2 heterocycles. The van der Waals surface area contributed by atoms with Crippen molar-refractivity contribution in [3.8, 4) is 22.8 Å². The highest BCUT2D eigenvalue weighted by Gasteiger charge is 2.25. The molecule has 0 radical (unpaired) electrons. The number of hydrogen-bond acceptors (Lipinski definition) is 6. The second kappa shape index (κ2) is 9.98. The Morgan fingerprint density at radius 2 is 1.68 bits per heavy atom. The van der Waals surface area contributed by atoms with Gasteiger partial charge in [-0.05, 0) is 49.1 Å². The number of carbonyl (C=O) groups is 1. The molecular formula is C24H32N4O3. The molecule has 2 aromatic rings. The van der Waals surface area contributed by atoms with Crippen LogP contribution in [-0.4, -0.2) is 61.4 Å². The van der Waals surface area contributed by atoms with Crippen molar-refractivity contribution >= 4 is 11.7 Å². The largest absolute Gasteiger partial charge is 0.493 e. The molecule has 1 saturated carbocycles. The van der Waals surface area contributed by atoms with Gasteiger partial charge in [-0.25, -0.2) is 0 Å². The molecule has 1 aliphatic carbocycles. The van der Waals surface area contributed by atoms with Crippen molar-refractivity contribution in [2.75, 3.05) is 45.3 Å². The highest BCUT2D eigenvalue weighted by Crippen LogP contribution is 2.32. The number of benzene rings is 1. The molecule has 1 aromatic carbocycles. The summed E-state index contributed by atoms with van der Waals surface area (Å²) in [5.41, 5.74) is 1.71. The van der Waals surface area contributed by atoms with Gasteiger partial charge in [0.1, 0.15) is 0 Å². The molecule has 0 N–H and O–H groups in total. The van der Waals surface area contributed by atoms with Crippen LogP contribution in [0.2, 0.25) is 0 Å². The fourth-order valence-corrected chi connectivity index (χ4v) is 4.60. The van der Waals surface area contributed by atoms with E-state index in [4.69, 9.17) is 9.47 Å². The third kappa shape index (κ3) is 5.09. The third-order valence-corrected chi connectivity index (χ3v) is 6.47. The van der Waals surface area contributed by atoms with Crippen LogP contribution in [0.1, 0.15) is 38.5 Å². The van der Waals surface area contributed by atoms with E-state index in [-0.39, 0.29) is 0 Å². The Morgan fingerprint density at radius 3 is 2.32 bits per heavy atom. The van der Waals surface area contributed by atoms with Crippen molar-refractivity contribution in [2.45, 2.75) is 38.5 Å². The van der Waals surface area contributed by atoms with E-state index < -0.39 is 0 Å². The lowest BCUT2D eigenvalue weighted by atomic mass is 9.86. The van der Waals surface area contributed by atoms with E-state index in [1.807, 2.05) is 35.2 Å². The highest BCUT2D eigenvalue weighted by molar-refractivity contribution is 5.76. The quantitative estimate of drug-likeness (QED) is 0.703. The van der Waals surface area contributed by atoms with Crippen molar-refractivity contribution in [2.24, 2.45) is 5.92 Å². The van der Waals surface area contributed by atoms with Crippen LogP contribution in [0.15, 0.2) is 30.3 Å². The van der Waals surface area contributed by atoms with Crippen molar-refractivity contribution in [1.29, 1.82) is 0 Å². The summed E-state index contributed by atoms with van der Waals surface area (Å²) in [4.78, 5) is 16.9. The molecule has 1 saturated heterocycles. The number of anilines is 1. The number of methoxy groups -OCH3 is 2. The maximum atomic E-state index is 12.7. The maximum Gasteiger partial charge on any atom is 0.222 e. The van der Waals surface area contributed by atoms with Gasteiger partial charge in [-0.1, -0.05) is 19.3 Å². The topological polar surface area (TPSA) is 67.8 Å².